The van der Waals surface area contributed by atoms with E-state index in [1.807, 2.05) is 45.0 Å². The molecule has 0 nitrogen and oxygen atoms in total. The second-order valence-corrected chi connectivity index (χ2v) is 46.2. The number of benzene rings is 4. The van der Waals surface area contributed by atoms with Crippen LogP contribution in [-0.2, 0) is 42.1 Å². The number of fused-ring (bicyclic) bond motifs is 2. The summed E-state index contributed by atoms with van der Waals surface area (Å²) in [4.78, 5) is 0. The Balaban J connectivity index is 0.00000348. The summed E-state index contributed by atoms with van der Waals surface area (Å²) >= 11 is -4.48. The van der Waals surface area contributed by atoms with Gasteiger partial charge in [0, 0.05) is 0 Å². The van der Waals surface area contributed by atoms with Gasteiger partial charge in [-0.2, -0.15) is 0 Å². The molecule has 0 amide bonds. The predicted molar refractivity (Wildman–Crippen MR) is 201 cm³/mol. The van der Waals surface area contributed by atoms with Crippen LogP contribution in [0.25, 0.3) is 34.4 Å². The molecule has 2 aliphatic rings. The van der Waals surface area contributed by atoms with E-state index in [9.17, 15) is 52.7 Å². The molecule has 2 aliphatic carbocycles. The molecule has 0 aromatic heterocycles. The topological polar surface area (TPSA) is 0 Å². The van der Waals surface area contributed by atoms with Gasteiger partial charge in [0.15, 0.2) is 0 Å². The van der Waals surface area contributed by atoms with Crippen molar-refractivity contribution in [1.29, 1.82) is 0 Å². The largest absolute Gasteiger partial charge is 0.147 e. The third kappa shape index (κ3) is 7.97. The molecule has 0 fully saturated rings. The van der Waals surface area contributed by atoms with Gasteiger partial charge < -0.3 is 0 Å². The molecule has 56 heavy (non-hydrogen) atoms. The number of alkyl halides is 12. The molecule has 4 aromatic carbocycles. The molecular formula is C40H36Cl2F12SiZr. The van der Waals surface area contributed by atoms with Crippen molar-refractivity contribution in [1.82, 2.24) is 0 Å². The summed E-state index contributed by atoms with van der Waals surface area (Å²) < 4.78 is 171. The van der Waals surface area contributed by atoms with E-state index in [0.717, 1.165) is 46.5 Å². The molecular weight excluding hydrogens is 899 g/mol. The molecule has 0 radical (unpaired) electrons. The molecule has 0 bridgehead atoms. The third-order valence-electron chi connectivity index (χ3n) is 10.9. The smallest absolute Gasteiger partial charge is 0.147 e. The number of rotatable bonds is 4. The van der Waals surface area contributed by atoms with E-state index >= 15 is 0 Å². The molecule has 2 atom stereocenters. The summed E-state index contributed by atoms with van der Waals surface area (Å²) in [6, 6.07) is 10.2. The maximum atomic E-state index is 13.9. The van der Waals surface area contributed by atoms with Gasteiger partial charge in [-0.25, -0.2) is 0 Å². The second kappa shape index (κ2) is 14.5. The van der Waals surface area contributed by atoms with E-state index in [1.165, 1.54) is 0 Å². The van der Waals surface area contributed by atoms with Crippen LogP contribution in [0.3, 0.4) is 0 Å². The summed E-state index contributed by atoms with van der Waals surface area (Å²) in [7, 11) is 0. The Morgan fingerprint density at radius 1 is 0.464 bits per heavy atom. The average molecular weight is 935 g/mol. The van der Waals surface area contributed by atoms with Gasteiger partial charge in [0.05, 0.1) is 0 Å². The maximum absolute atomic E-state index is 13.9. The van der Waals surface area contributed by atoms with Crippen molar-refractivity contribution < 1.29 is 70.1 Å². The molecule has 4 aromatic rings. The number of aryl methyl sites for hydroxylation is 2. The van der Waals surface area contributed by atoms with E-state index in [4.69, 9.17) is 0 Å². The molecule has 0 N–H and O–H groups in total. The Hall–Kier alpha value is -2.80. The van der Waals surface area contributed by atoms with E-state index in [-0.39, 0.29) is 66.5 Å². The quantitative estimate of drug-likeness (QED) is 0.141. The monoisotopic (exact) mass is 932 g/mol. The van der Waals surface area contributed by atoms with Crippen LogP contribution in [0, 0.1) is 13.8 Å². The maximum Gasteiger partial charge on any atom is -0.147 e. The summed E-state index contributed by atoms with van der Waals surface area (Å²) in [5.41, 5.74) is -0.398. The van der Waals surface area contributed by atoms with Gasteiger partial charge in [0.1, 0.15) is 0 Å². The van der Waals surface area contributed by atoms with E-state index in [0.29, 0.717) is 22.3 Å². The fraction of sp³-hybridized carbons (Fsp3) is 0.300. The van der Waals surface area contributed by atoms with Crippen LogP contribution in [0.15, 0.2) is 71.8 Å². The van der Waals surface area contributed by atoms with Crippen LogP contribution in [0.4, 0.5) is 52.7 Å². The second-order valence-electron chi connectivity index (χ2n) is 15.7. The zero-order valence-corrected chi connectivity index (χ0v) is 36.1. The zero-order valence-electron chi connectivity index (χ0n) is 30.6. The first-order chi connectivity index (χ1) is 24.5. The van der Waals surface area contributed by atoms with Crippen LogP contribution in [0.2, 0.25) is 9.26 Å². The summed E-state index contributed by atoms with van der Waals surface area (Å²) in [5, 5.41) is 0. The van der Waals surface area contributed by atoms with Crippen molar-refractivity contribution in [2.24, 2.45) is 0 Å². The Morgan fingerprint density at radius 2 is 0.732 bits per heavy atom. The Kier molecular flexibility index (Phi) is 11.9. The van der Waals surface area contributed by atoms with Crippen molar-refractivity contribution >= 4 is 43.8 Å². The van der Waals surface area contributed by atoms with Crippen molar-refractivity contribution in [3.05, 3.63) is 127 Å². The van der Waals surface area contributed by atoms with Crippen LogP contribution < -0.4 is 0 Å². The molecule has 0 saturated heterocycles. The minimum atomic E-state index is -5.04. The number of hydrogen-bond donors (Lipinski definition) is 0. The van der Waals surface area contributed by atoms with E-state index < -0.39 is 64.4 Å². The van der Waals surface area contributed by atoms with Crippen LogP contribution in [-0.4, -0.2) is 6.88 Å². The SMILES string of the molecule is CC1=Cc2c(ccc(C)c2-c2cc(C(F)(F)F)cc(C(F)(F)F)c2)[CH]1[Zr]([CH3])([CH3])(=[SiH2])[CH]1C(C)=Cc2c1ccc(C)c2-c1cc(C(F)(F)F)cc(C(F)(F)F)c1.Cl.Cl. The summed E-state index contributed by atoms with van der Waals surface area (Å²) in [5.74, 6) is 0. The number of allylic oxidation sites excluding steroid dienone is 2. The van der Waals surface area contributed by atoms with Gasteiger partial charge in [-0.1, -0.05) is 0 Å². The van der Waals surface area contributed by atoms with Crippen LogP contribution in [0.1, 0.15) is 76.7 Å². The van der Waals surface area contributed by atoms with Gasteiger partial charge >= 0.3 is 308 Å². The van der Waals surface area contributed by atoms with Gasteiger partial charge in [0.2, 0.25) is 0 Å². The van der Waals surface area contributed by atoms with Crippen LogP contribution >= 0.6 is 24.8 Å². The Morgan fingerprint density at radius 3 is 0.982 bits per heavy atom. The van der Waals surface area contributed by atoms with Crippen molar-refractivity contribution in [3.8, 4) is 22.3 Å². The standard InChI is InChI=1S/2C19H13F6.2CH3.2ClH.H2Si.Zr/c2*1-10-5-12-4-3-11(2)17(16(12)6-10)13-7-14(18(20,21)22)9-15(8-13)19(23,24)25;;;;;;/h2*3-9H,1-2H3;2*1H3;2*1H;1H2;. The van der Waals surface area contributed by atoms with Gasteiger partial charge in [-0.05, 0) is 0 Å². The number of halogens is 14. The van der Waals surface area contributed by atoms with E-state index in [2.05, 4.69) is 9.26 Å². The summed E-state index contributed by atoms with van der Waals surface area (Å²) in [6.45, 7) is 8.87. The fourth-order valence-electron chi connectivity index (χ4n) is 9.06. The summed E-state index contributed by atoms with van der Waals surface area (Å²) in [6.07, 6.45) is -16.5. The first-order valence-corrected chi connectivity index (χ1v) is 30.5. The third-order valence-corrected chi connectivity index (χ3v) is 28.8. The van der Waals surface area contributed by atoms with Crippen molar-refractivity contribution in [2.45, 2.75) is 68.9 Å². The molecule has 0 heterocycles. The van der Waals surface area contributed by atoms with E-state index in [1.54, 1.807) is 26.0 Å². The zero-order chi connectivity index (χ0) is 40.3. The number of hydrogen-bond acceptors (Lipinski definition) is 0. The van der Waals surface area contributed by atoms with Gasteiger partial charge in [-0.3, -0.25) is 0 Å². The normalized spacial score (nSPS) is 17.4. The van der Waals surface area contributed by atoms with Gasteiger partial charge in [0.25, 0.3) is 0 Å². The molecule has 0 spiro atoms. The van der Waals surface area contributed by atoms with Crippen LogP contribution in [0.5, 0.6) is 0 Å². The van der Waals surface area contributed by atoms with Crippen molar-refractivity contribution in [3.63, 3.8) is 0 Å². The fourth-order valence-corrected chi connectivity index (χ4v) is 30.3. The first kappa shape index (κ1) is 45.9. The van der Waals surface area contributed by atoms with Crippen molar-refractivity contribution in [2.75, 3.05) is 0 Å². The Bertz CT molecular complexity index is 2150. The first-order valence-electron chi connectivity index (χ1n) is 16.8. The minimum Gasteiger partial charge on any atom is -0.147 e. The molecule has 16 heteroatoms. The minimum absolute atomic E-state index is 0. The molecule has 6 rings (SSSR count). The molecule has 302 valence electrons. The molecule has 0 aliphatic heterocycles. The molecule has 2 unspecified atom stereocenters. The predicted octanol–water partition coefficient (Wildman–Crippen LogP) is 14.5. The average Bonchev–Trinajstić information content (AvgIpc) is 3.55. The van der Waals surface area contributed by atoms with Gasteiger partial charge in [-0.15, -0.1) is 24.8 Å². The Labute approximate surface area is 330 Å². The molecule has 0 saturated carbocycles.